The van der Waals surface area contributed by atoms with E-state index in [1.165, 1.54) is 11.8 Å². The summed E-state index contributed by atoms with van der Waals surface area (Å²) in [5.41, 5.74) is 4.21. The molecule has 2 heterocycles. The lowest BCUT2D eigenvalue weighted by Crippen LogP contribution is -2.14. The lowest BCUT2D eigenvalue weighted by molar-refractivity contribution is -0.113. The second-order valence-corrected chi connectivity index (χ2v) is 8.00. The molecule has 0 radical (unpaired) electrons. The first-order chi connectivity index (χ1) is 11.4. The van der Waals surface area contributed by atoms with E-state index in [-0.39, 0.29) is 11.7 Å². The van der Waals surface area contributed by atoms with Crippen LogP contribution in [0.4, 0.5) is 5.69 Å². The van der Waals surface area contributed by atoms with Gasteiger partial charge in [0.1, 0.15) is 0 Å². The molecule has 0 atom stereocenters. The third-order valence-corrected chi connectivity index (χ3v) is 5.55. The minimum Gasteiger partial charge on any atom is -0.331 e. The second kappa shape index (κ2) is 7.25. The summed E-state index contributed by atoms with van der Waals surface area (Å²) < 4.78 is 1.92. The molecule has 2 aromatic heterocycles. The van der Waals surface area contributed by atoms with Crippen molar-refractivity contribution in [3.63, 3.8) is 0 Å². The number of pyridine rings is 1. The zero-order valence-electron chi connectivity index (χ0n) is 13.0. The minimum atomic E-state index is -0.0730. The van der Waals surface area contributed by atoms with E-state index in [0.29, 0.717) is 10.8 Å². The van der Waals surface area contributed by atoms with Crippen LogP contribution >= 0.6 is 43.6 Å². The highest BCUT2D eigenvalue weighted by Gasteiger charge is 2.10. The van der Waals surface area contributed by atoms with E-state index < -0.39 is 0 Å². The molecule has 24 heavy (non-hydrogen) atoms. The summed E-state index contributed by atoms with van der Waals surface area (Å²) in [6.07, 6.45) is 0. The highest BCUT2D eigenvalue weighted by molar-refractivity contribution is 9.10. The van der Waals surface area contributed by atoms with E-state index in [4.69, 9.17) is 0 Å². The third kappa shape index (κ3) is 3.99. The van der Waals surface area contributed by atoms with Gasteiger partial charge in [-0.05, 0) is 59.6 Å². The van der Waals surface area contributed by atoms with Gasteiger partial charge < -0.3 is 10.3 Å². The van der Waals surface area contributed by atoms with Crippen LogP contribution in [0.2, 0.25) is 0 Å². The van der Waals surface area contributed by atoms with Crippen molar-refractivity contribution >= 4 is 66.4 Å². The van der Waals surface area contributed by atoms with Gasteiger partial charge in [0, 0.05) is 14.6 Å². The average molecular weight is 470 g/mol. The fraction of sp³-hybridized carbons (Fsp3) is 0.188. The molecule has 0 aliphatic heterocycles. The van der Waals surface area contributed by atoms with Crippen LogP contribution in [0.15, 0.2) is 38.4 Å². The van der Waals surface area contributed by atoms with Gasteiger partial charge in [0.25, 0.3) is 0 Å². The first kappa shape index (κ1) is 17.4. The monoisotopic (exact) mass is 468 g/mol. The summed E-state index contributed by atoms with van der Waals surface area (Å²) in [6, 6.07) is 7.70. The number of H-pyrrole nitrogens is 1. The van der Waals surface area contributed by atoms with Gasteiger partial charge in [-0.15, -0.1) is 0 Å². The number of rotatable bonds is 4. The smallest absolute Gasteiger partial charge is 0.234 e. The lowest BCUT2D eigenvalue weighted by Gasteiger charge is -2.08. The number of thioether (sulfide) groups is 1. The maximum Gasteiger partial charge on any atom is 0.234 e. The molecule has 3 aromatic rings. The van der Waals surface area contributed by atoms with Gasteiger partial charge in [-0.1, -0.05) is 27.7 Å². The molecular weight excluding hydrogens is 456 g/mol. The molecule has 1 amide bonds. The van der Waals surface area contributed by atoms with Crippen molar-refractivity contribution in [2.24, 2.45) is 0 Å². The molecule has 0 bridgehead atoms. The Morgan fingerprint density at radius 1 is 1.25 bits per heavy atom. The summed E-state index contributed by atoms with van der Waals surface area (Å²) in [6.45, 7) is 3.87. The third-order valence-electron chi connectivity index (χ3n) is 3.38. The Morgan fingerprint density at radius 3 is 2.79 bits per heavy atom. The topological polar surface area (TPSA) is 70.7 Å². The van der Waals surface area contributed by atoms with Crippen molar-refractivity contribution in [1.29, 1.82) is 0 Å². The number of nitrogens with one attached hydrogen (secondary N) is 2. The van der Waals surface area contributed by atoms with Gasteiger partial charge in [0.15, 0.2) is 10.8 Å². The number of nitrogens with zero attached hydrogens (tertiary/aromatic N) is 2. The molecule has 2 N–H and O–H groups in total. The van der Waals surface area contributed by atoms with Gasteiger partial charge in [-0.3, -0.25) is 4.79 Å². The van der Waals surface area contributed by atoms with Gasteiger partial charge in [-0.2, -0.15) is 0 Å². The number of hydrogen-bond acceptors (Lipinski definition) is 4. The zero-order chi connectivity index (χ0) is 17.3. The Balaban J connectivity index is 1.65. The van der Waals surface area contributed by atoms with Gasteiger partial charge in [0.05, 0.1) is 17.0 Å². The highest BCUT2D eigenvalue weighted by atomic mass is 79.9. The van der Waals surface area contributed by atoms with Crippen LogP contribution in [0.25, 0.3) is 11.2 Å². The lowest BCUT2D eigenvalue weighted by atomic mass is 10.2. The second-order valence-electron chi connectivity index (χ2n) is 5.26. The van der Waals surface area contributed by atoms with E-state index in [9.17, 15) is 4.79 Å². The number of benzene rings is 1. The van der Waals surface area contributed by atoms with Crippen molar-refractivity contribution in [2.75, 3.05) is 11.1 Å². The predicted molar refractivity (Wildman–Crippen MR) is 105 cm³/mol. The first-order valence-corrected chi connectivity index (χ1v) is 9.71. The number of carbonyl (C=O) groups is 1. The molecule has 0 unspecified atom stereocenters. The molecule has 5 nitrogen and oxygen atoms in total. The summed E-state index contributed by atoms with van der Waals surface area (Å²) in [5.74, 6) is 0.200. The standard InChI is InChI=1S/C16H14Br2N4OS/c1-8-5-10(17)3-4-12(8)20-14(23)7-24-16-21-13-6-11(18)9(2)19-15(13)22-16/h3-6H,7H2,1-2H3,(H,20,23)(H,19,21,22). The van der Waals surface area contributed by atoms with E-state index in [2.05, 4.69) is 52.1 Å². The zero-order valence-corrected chi connectivity index (χ0v) is 17.0. The number of imidazole rings is 1. The number of fused-ring (bicyclic) bond motifs is 1. The van der Waals surface area contributed by atoms with Crippen molar-refractivity contribution in [3.8, 4) is 0 Å². The molecule has 0 aliphatic rings. The molecule has 0 saturated carbocycles. The fourth-order valence-electron chi connectivity index (χ4n) is 2.14. The Hall–Kier alpha value is -1.38. The average Bonchev–Trinajstić information content (AvgIpc) is 2.90. The minimum absolute atomic E-state index is 0.0730. The van der Waals surface area contributed by atoms with Crippen molar-refractivity contribution in [1.82, 2.24) is 15.0 Å². The number of amides is 1. The van der Waals surface area contributed by atoms with E-state index in [1.54, 1.807) is 0 Å². The highest BCUT2D eigenvalue weighted by Crippen LogP contribution is 2.24. The van der Waals surface area contributed by atoms with Gasteiger partial charge in [-0.25, -0.2) is 9.97 Å². The Morgan fingerprint density at radius 2 is 2.04 bits per heavy atom. The molecule has 3 rings (SSSR count). The van der Waals surface area contributed by atoms with Gasteiger partial charge >= 0.3 is 0 Å². The maximum atomic E-state index is 12.1. The molecule has 1 aromatic carbocycles. The molecular formula is C16H14Br2N4OS. The number of halogens is 2. The molecule has 124 valence electrons. The predicted octanol–water partition coefficient (Wildman–Crippen LogP) is 4.83. The summed E-state index contributed by atoms with van der Waals surface area (Å²) >= 11 is 8.22. The largest absolute Gasteiger partial charge is 0.331 e. The summed E-state index contributed by atoms with van der Waals surface area (Å²) in [7, 11) is 0. The van der Waals surface area contributed by atoms with Crippen LogP contribution < -0.4 is 5.32 Å². The van der Waals surface area contributed by atoms with Crippen LogP contribution in [-0.2, 0) is 4.79 Å². The van der Waals surface area contributed by atoms with Crippen LogP contribution in [0.1, 0.15) is 11.3 Å². The van der Waals surface area contributed by atoms with Crippen LogP contribution in [0.5, 0.6) is 0 Å². The van der Waals surface area contributed by atoms with Crippen molar-refractivity contribution in [2.45, 2.75) is 19.0 Å². The fourth-order valence-corrected chi connectivity index (χ4v) is 3.61. The molecule has 0 fully saturated rings. The SMILES string of the molecule is Cc1cc(Br)ccc1NC(=O)CSc1nc2nc(C)c(Br)cc2[nH]1. The summed E-state index contributed by atoms with van der Waals surface area (Å²) in [5, 5.41) is 3.59. The Bertz CT molecular complexity index is 887. The Labute approximate surface area is 160 Å². The number of aromatic nitrogens is 3. The summed E-state index contributed by atoms with van der Waals surface area (Å²) in [4.78, 5) is 24.1. The van der Waals surface area contributed by atoms with Crippen molar-refractivity contribution < 1.29 is 4.79 Å². The van der Waals surface area contributed by atoms with E-state index >= 15 is 0 Å². The molecule has 0 aliphatic carbocycles. The van der Waals surface area contributed by atoms with Crippen LogP contribution in [0.3, 0.4) is 0 Å². The maximum absolute atomic E-state index is 12.1. The Kier molecular flexibility index (Phi) is 5.27. The van der Waals surface area contributed by atoms with Crippen LogP contribution in [-0.4, -0.2) is 26.6 Å². The number of aromatic amines is 1. The molecule has 0 spiro atoms. The van der Waals surface area contributed by atoms with Gasteiger partial charge in [0.2, 0.25) is 5.91 Å². The number of anilines is 1. The quantitative estimate of drug-likeness (QED) is 0.537. The number of carbonyl (C=O) groups excluding carboxylic acids is 1. The number of aryl methyl sites for hydroxylation is 2. The first-order valence-electron chi connectivity index (χ1n) is 7.14. The molecule has 0 saturated heterocycles. The normalized spacial score (nSPS) is 11.0. The van der Waals surface area contributed by atoms with E-state index in [1.807, 2.05) is 38.1 Å². The molecule has 8 heteroatoms. The van der Waals surface area contributed by atoms with E-state index in [0.717, 1.165) is 31.4 Å². The van der Waals surface area contributed by atoms with Crippen LogP contribution in [0, 0.1) is 13.8 Å². The van der Waals surface area contributed by atoms with Crippen molar-refractivity contribution in [3.05, 3.63) is 44.5 Å². The number of hydrogen-bond donors (Lipinski definition) is 2.